The summed E-state index contributed by atoms with van der Waals surface area (Å²) in [6, 6.07) is 22.2. The van der Waals surface area contributed by atoms with Crippen molar-refractivity contribution >= 4 is 50.0 Å². The Labute approximate surface area is 204 Å². The molecule has 5 rings (SSSR count). The highest BCUT2D eigenvalue weighted by molar-refractivity contribution is 7.17. The lowest BCUT2D eigenvalue weighted by Crippen LogP contribution is -2.21. The highest BCUT2D eigenvalue weighted by Gasteiger charge is 2.26. The van der Waals surface area contributed by atoms with E-state index in [0.717, 1.165) is 21.2 Å². The minimum Gasteiger partial charge on any atom is -0.462 e. The average Bonchev–Trinajstić information content (AvgIpc) is 3.19. The van der Waals surface area contributed by atoms with E-state index in [4.69, 9.17) is 9.15 Å². The molecule has 1 amide bonds. The number of nitrogens with one attached hydrogen (secondary N) is 1. The summed E-state index contributed by atoms with van der Waals surface area (Å²) in [5, 5.41) is 5.58. The van der Waals surface area contributed by atoms with Crippen molar-refractivity contribution < 1.29 is 18.7 Å². The molecule has 0 aliphatic rings. The van der Waals surface area contributed by atoms with Crippen molar-refractivity contribution in [1.82, 2.24) is 0 Å². The Kier molecular flexibility index (Phi) is 5.93. The van der Waals surface area contributed by atoms with Crippen LogP contribution in [0.2, 0.25) is 0 Å². The number of carbonyl (C=O) groups excluding carboxylic acids is 2. The van der Waals surface area contributed by atoms with E-state index in [1.165, 1.54) is 11.3 Å². The van der Waals surface area contributed by atoms with Gasteiger partial charge in [0.1, 0.15) is 21.7 Å². The van der Waals surface area contributed by atoms with Crippen molar-refractivity contribution in [3.63, 3.8) is 0 Å². The molecule has 0 atom stereocenters. The minimum absolute atomic E-state index is 0.143. The molecule has 0 bridgehead atoms. The Bertz CT molecular complexity index is 1650. The average molecular weight is 484 g/mol. The normalized spacial score (nSPS) is 11.0. The minimum atomic E-state index is -0.750. The van der Waals surface area contributed by atoms with Gasteiger partial charge in [0, 0.05) is 15.8 Å². The van der Waals surface area contributed by atoms with Gasteiger partial charge in [-0.15, -0.1) is 11.3 Å². The maximum Gasteiger partial charge on any atom is 0.349 e. The lowest BCUT2D eigenvalue weighted by Gasteiger charge is -2.09. The Hall–Kier alpha value is -4.23. The molecule has 1 N–H and O–H groups in total. The van der Waals surface area contributed by atoms with Crippen molar-refractivity contribution in [3.8, 4) is 11.1 Å². The van der Waals surface area contributed by atoms with Crippen molar-refractivity contribution in [1.29, 1.82) is 0 Å². The standard InChI is InChI=1S/C28H21NO5S/c1-3-33-28(32)24-23(18-10-5-4-6-11-18)16(2)35-26(24)29-25(30)21-15-20-19-12-8-7-9-17(19)13-14-22(20)34-27(21)31/h4-15H,3H2,1-2H3,(H,29,30). The molecule has 174 valence electrons. The number of rotatable bonds is 5. The van der Waals surface area contributed by atoms with Gasteiger partial charge in [-0.2, -0.15) is 0 Å². The number of anilines is 1. The number of benzene rings is 3. The fourth-order valence-electron chi connectivity index (χ4n) is 4.18. The van der Waals surface area contributed by atoms with Gasteiger partial charge in [-0.3, -0.25) is 4.79 Å². The molecular formula is C28H21NO5S. The molecule has 5 aromatic rings. The van der Waals surface area contributed by atoms with Crippen molar-refractivity contribution in [3.05, 3.63) is 99.2 Å². The van der Waals surface area contributed by atoms with Gasteiger partial charge in [0.05, 0.1) is 6.61 Å². The quantitative estimate of drug-likeness (QED) is 0.177. The molecule has 35 heavy (non-hydrogen) atoms. The molecule has 0 aliphatic heterocycles. The van der Waals surface area contributed by atoms with Crippen LogP contribution in [0.25, 0.3) is 32.9 Å². The molecule has 6 nitrogen and oxygen atoms in total. The Morgan fingerprint density at radius 2 is 1.71 bits per heavy atom. The van der Waals surface area contributed by atoms with Crippen molar-refractivity contribution in [2.45, 2.75) is 13.8 Å². The predicted octanol–water partition coefficient (Wildman–Crippen LogP) is 6.41. The zero-order chi connectivity index (χ0) is 24.5. The van der Waals surface area contributed by atoms with E-state index >= 15 is 0 Å². The van der Waals surface area contributed by atoms with Gasteiger partial charge < -0.3 is 14.5 Å². The van der Waals surface area contributed by atoms with Crippen LogP contribution in [0.4, 0.5) is 5.00 Å². The molecule has 2 heterocycles. The van der Waals surface area contributed by atoms with Gasteiger partial charge in [-0.1, -0.05) is 60.7 Å². The molecule has 0 fully saturated rings. The van der Waals surface area contributed by atoms with E-state index in [0.29, 0.717) is 21.5 Å². The summed E-state index contributed by atoms with van der Waals surface area (Å²) in [4.78, 5) is 39.8. The summed E-state index contributed by atoms with van der Waals surface area (Å²) in [5.74, 6) is -1.19. The van der Waals surface area contributed by atoms with Crippen LogP contribution in [0.15, 0.2) is 82.0 Å². The van der Waals surface area contributed by atoms with E-state index in [9.17, 15) is 14.4 Å². The number of ether oxygens (including phenoxy) is 1. The molecule has 0 aliphatic carbocycles. The first-order valence-corrected chi connectivity index (χ1v) is 11.9. The third-order valence-electron chi connectivity index (χ3n) is 5.74. The first kappa shape index (κ1) is 22.6. The van der Waals surface area contributed by atoms with Gasteiger partial charge in [0.15, 0.2) is 0 Å². The second kappa shape index (κ2) is 9.19. The number of fused-ring (bicyclic) bond motifs is 3. The van der Waals surface area contributed by atoms with Crippen LogP contribution in [0.1, 0.15) is 32.5 Å². The molecule has 0 unspecified atom stereocenters. The van der Waals surface area contributed by atoms with Gasteiger partial charge in [0.25, 0.3) is 5.91 Å². The monoisotopic (exact) mass is 483 g/mol. The zero-order valence-electron chi connectivity index (χ0n) is 19.1. The number of carbonyl (C=O) groups is 2. The molecule has 0 spiro atoms. The summed E-state index contributed by atoms with van der Waals surface area (Å²) in [6.07, 6.45) is 0. The summed E-state index contributed by atoms with van der Waals surface area (Å²) < 4.78 is 10.8. The van der Waals surface area contributed by atoms with Crippen LogP contribution in [0.5, 0.6) is 0 Å². The van der Waals surface area contributed by atoms with Crippen LogP contribution >= 0.6 is 11.3 Å². The molecule has 7 heteroatoms. The van der Waals surface area contributed by atoms with Crippen LogP contribution in [0, 0.1) is 6.92 Å². The van der Waals surface area contributed by atoms with Crippen molar-refractivity contribution in [2.75, 3.05) is 11.9 Å². The van der Waals surface area contributed by atoms with Gasteiger partial charge in [-0.25, -0.2) is 9.59 Å². The first-order chi connectivity index (χ1) is 17.0. The summed E-state index contributed by atoms with van der Waals surface area (Å²) in [5.41, 5.74) is 1.30. The summed E-state index contributed by atoms with van der Waals surface area (Å²) in [7, 11) is 0. The Morgan fingerprint density at radius 1 is 0.971 bits per heavy atom. The fraction of sp³-hybridized carbons (Fsp3) is 0.107. The first-order valence-electron chi connectivity index (χ1n) is 11.1. The summed E-state index contributed by atoms with van der Waals surface area (Å²) >= 11 is 1.26. The van der Waals surface area contributed by atoms with E-state index in [1.807, 2.05) is 67.6 Å². The highest BCUT2D eigenvalue weighted by Crippen LogP contribution is 2.40. The topological polar surface area (TPSA) is 85.6 Å². The van der Waals surface area contributed by atoms with Crippen LogP contribution < -0.4 is 10.9 Å². The molecule has 0 radical (unpaired) electrons. The lowest BCUT2D eigenvalue weighted by atomic mass is 10.0. The zero-order valence-corrected chi connectivity index (χ0v) is 19.9. The van der Waals surface area contributed by atoms with Crippen molar-refractivity contribution in [2.24, 2.45) is 0 Å². The van der Waals surface area contributed by atoms with E-state index in [2.05, 4.69) is 5.32 Å². The number of aryl methyl sites for hydroxylation is 1. The summed E-state index contributed by atoms with van der Waals surface area (Å²) in [6.45, 7) is 3.79. The molecular weight excluding hydrogens is 462 g/mol. The molecule has 0 saturated carbocycles. The highest BCUT2D eigenvalue weighted by atomic mass is 32.1. The largest absolute Gasteiger partial charge is 0.462 e. The maximum atomic E-state index is 13.3. The van der Waals surface area contributed by atoms with E-state index in [1.54, 1.807) is 19.1 Å². The number of amides is 1. The van der Waals surface area contributed by atoms with E-state index < -0.39 is 17.5 Å². The molecule has 0 saturated heterocycles. The predicted molar refractivity (Wildman–Crippen MR) is 138 cm³/mol. The van der Waals surface area contributed by atoms with Crippen LogP contribution in [-0.4, -0.2) is 18.5 Å². The van der Waals surface area contributed by atoms with Crippen LogP contribution in [0.3, 0.4) is 0 Å². The van der Waals surface area contributed by atoms with Gasteiger partial charge in [-0.05, 0) is 42.3 Å². The Balaban J connectivity index is 1.61. The maximum absolute atomic E-state index is 13.3. The number of hydrogen-bond donors (Lipinski definition) is 1. The molecule has 3 aromatic carbocycles. The van der Waals surface area contributed by atoms with Crippen LogP contribution in [-0.2, 0) is 4.74 Å². The number of hydrogen-bond acceptors (Lipinski definition) is 6. The number of thiophene rings is 1. The number of esters is 1. The molecule has 2 aromatic heterocycles. The third kappa shape index (κ3) is 4.11. The second-order valence-corrected chi connectivity index (χ2v) is 9.15. The lowest BCUT2D eigenvalue weighted by molar-refractivity contribution is 0.0529. The van der Waals surface area contributed by atoms with Gasteiger partial charge >= 0.3 is 11.6 Å². The smallest absolute Gasteiger partial charge is 0.349 e. The SMILES string of the molecule is CCOC(=O)c1c(NC(=O)c2cc3c(ccc4ccccc43)oc2=O)sc(C)c1-c1ccccc1. The van der Waals surface area contributed by atoms with E-state index in [-0.39, 0.29) is 17.7 Å². The fourth-order valence-corrected chi connectivity index (χ4v) is 5.24. The van der Waals surface area contributed by atoms with Gasteiger partial charge in [0.2, 0.25) is 0 Å². The second-order valence-electron chi connectivity index (χ2n) is 7.92. The third-order valence-corrected chi connectivity index (χ3v) is 6.76. The Morgan fingerprint density at radius 3 is 2.49 bits per heavy atom.